The van der Waals surface area contributed by atoms with E-state index < -0.39 is 0 Å². The maximum atomic E-state index is 5.88. The standard InChI is InChI=1S/C15H29NO2/c1-14(2,3)12-6-8-16(9-7-12)10-13-11-17-15(4,5)18-13/h12-13H,6-11H2,1-5H3/t13-/m0/s1. The summed E-state index contributed by atoms with van der Waals surface area (Å²) >= 11 is 0. The van der Waals surface area contributed by atoms with Gasteiger partial charge in [-0.25, -0.2) is 0 Å². The lowest BCUT2D eigenvalue weighted by Crippen LogP contribution is -2.42. The van der Waals surface area contributed by atoms with Crippen LogP contribution in [-0.4, -0.2) is 43.0 Å². The summed E-state index contributed by atoms with van der Waals surface area (Å²) in [5.74, 6) is 0.486. The zero-order valence-corrected chi connectivity index (χ0v) is 12.7. The van der Waals surface area contributed by atoms with Gasteiger partial charge in [0, 0.05) is 6.54 Å². The van der Waals surface area contributed by atoms with E-state index in [1.165, 1.54) is 25.9 Å². The van der Waals surface area contributed by atoms with Gasteiger partial charge in [-0.3, -0.25) is 0 Å². The zero-order valence-electron chi connectivity index (χ0n) is 12.7. The van der Waals surface area contributed by atoms with Crippen molar-refractivity contribution in [3.8, 4) is 0 Å². The summed E-state index contributed by atoms with van der Waals surface area (Å²) in [4.78, 5) is 2.54. The molecule has 2 heterocycles. The summed E-state index contributed by atoms with van der Waals surface area (Å²) in [6, 6.07) is 0. The van der Waals surface area contributed by atoms with Gasteiger partial charge in [0.25, 0.3) is 0 Å². The van der Waals surface area contributed by atoms with Crippen LogP contribution >= 0.6 is 0 Å². The molecule has 0 spiro atoms. The van der Waals surface area contributed by atoms with Crippen molar-refractivity contribution in [2.24, 2.45) is 11.3 Å². The topological polar surface area (TPSA) is 21.7 Å². The van der Waals surface area contributed by atoms with Crippen LogP contribution in [-0.2, 0) is 9.47 Å². The SMILES string of the molecule is CC1(C)OC[C@H](CN2CCC(C(C)(C)C)CC2)O1. The lowest BCUT2D eigenvalue weighted by atomic mass is 9.75. The largest absolute Gasteiger partial charge is 0.348 e. The lowest BCUT2D eigenvalue weighted by molar-refractivity contribution is -0.140. The first-order valence-electron chi connectivity index (χ1n) is 7.30. The normalized spacial score (nSPS) is 30.8. The molecular formula is C15H29NO2. The summed E-state index contributed by atoms with van der Waals surface area (Å²) in [7, 11) is 0. The Labute approximate surface area is 112 Å². The van der Waals surface area contributed by atoms with Gasteiger partial charge in [0.05, 0.1) is 12.7 Å². The second-order valence-electron chi connectivity index (χ2n) is 7.39. The van der Waals surface area contributed by atoms with Gasteiger partial charge in [-0.1, -0.05) is 20.8 Å². The molecule has 2 rings (SSSR count). The van der Waals surface area contributed by atoms with Crippen molar-refractivity contribution in [1.29, 1.82) is 0 Å². The van der Waals surface area contributed by atoms with E-state index in [0.717, 1.165) is 19.1 Å². The van der Waals surface area contributed by atoms with Gasteiger partial charge >= 0.3 is 0 Å². The molecule has 2 fully saturated rings. The molecule has 0 aromatic rings. The molecular weight excluding hydrogens is 226 g/mol. The number of likely N-dealkylation sites (tertiary alicyclic amines) is 1. The Morgan fingerprint density at radius 3 is 2.22 bits per heavy atom. The summed E-state index contributed by atoms with van der Waals surface area (Å²) in [5.41, 5.74) is 0.459. The third kappa shape index (κ3) is 3.69. The molecule has 3 heteroatoms. The molecule has 0 N–H and O–H groups in total. The Bertz CT molecular complexity index is 275. The van der Waals surface area contributed by atoms with E-state index in [0.29, 0.717) is 5.41 Å². The molecule has 2 aliphatic heterocycles. The molecule has 106 valence electrons. The third-order valence-corrected chi connectivity index (χ3v) is 4.34. The first kappa shape index (κ1) is 14.3. The third-order valence-electron chi connectivity index (χ3n) is 4.34. The average molecular weight is 255 g/mol. The Hall–Kier alpha value is -0.120. The number of hydrogen-bond donors (Lipinski definition) is 0. The van der Waals surface area contributed by atoms with Crippen molar-refractivity contribution >= 4 is 0 Å². The fourth-order valence-corrected chi connectivity index (χ4v) is 3.12. The summed E-state index contributed by atoms with van der Waals surface area (Å²) in [5, 5.41) is 0. The minimum Gasteiger partial charge on any atom is -0.348 e. The van der Waals surface area contributed by atoms with Crippen LogP contribution in [0.5, 0.6) is 0 Å². The van der Waals surface area contributed by atoms with Crippen LogP contribution in [0, 0.1) is 11.3 Å². The molecule has 0 bridgehead atoms. The van der Waals surface area contributed by atoms with Gasteiger partial charge < -0.3 is 14.4 Å². The van der Waals surface area contributed by atoms with Crippen LogP contribution < -0.4 is 0 Å². The van der Waals surface area contributed by atoms with Crippen molar-refractivity contribution in [3.05, 3.63) is 0 Å². The lowest BCUT2D eigenvalue weighted by Gasteiger charge is -2.39. The molecule has 0 aromatic heterocycles. The molecule has 0 amide bonds. The van der Waals surface area contributed by atoms with Crippen molar-refractivity contribution in [2.75, 3.05) is 26.2 Å². The predicted octanol–water partition coefficient (Wildman–Crippen LogP) is 2.90. The molecule has 2 aliphatic rings. The second-order valence-corrected chi connectivity index (χ2v) is 7.39. The van der Waals surface area contributed by atoms with Crippen molar-refractivity contribution in [2.45, 2.75) is 59.4 Å². The Morgan fingerprint density at radius 2 is 1.78 bits per heavy atom. The highest BCUT2D eigenvalue weighted by molar-refractivity contribution is 4.83. The first-order chi connectivity index (χ1) is 8.26. The van der Waals surface area contributed by atoms with Gasteiger partial charge in [0.1, 0.15) is 0 Å². The molecule has 3 nitrogen and oxygen atoms in total. The number of rotatable bonds is 2. The Kier molecular flexibility index (Phi) is 4.05. The van der Waals surface area contributed by atoms with E-state index in [1.807, 2.05) is 13.8 Å². The number of piperidine rings is 1. The molecule has 0 aliphatic carbocycles. The van der Waals surface area contributed by atoms with Gasteiger partial charge in [-0.15, -0.1) is 0 Å². The van der Waals surface area contributed by atoms with E-state index in [1.54, 1.807) is 0 Å². The van der Waals surface area contributed by atoms with Crippen molar-refractivity contribution in [3.63, 3.8) is 0 Å². The van der Waals surface area contributed by atoms with Gasteiger partial charge in [0.15, 0.2) is 5.79 Å². The van der Waals surface area contributed by atoms with E-state index in [2.05, 4.69) is 25.7 Å². The Morgan fingerprint density at radius 1 is 1.17 bits per heavy atom. The van der Waals surface area contributed by atoms with Crippen molar-refractivity contribution < 1.29 is 9.47 Å². The fourth-order valence-electron chi connectivity index (χ4n) is 3.12. The maximum absolute atomic E-state index is 5.88. The van der Waals surface area contributed by atoms with E-state index in [4.69, 9.17) is 9.47 Å². The van der Waals surface area contributed by atoms with Crippen LogP contribution in [0.4, 0.5) is 0 Å². The molecule has 0 saturated carbocycles. The average Bonchev–Trinajstić information content (AvgIpc) is 2.57. The van der Waals surface area contributed by atoms with E-state index in [9.17, 15) is 0 Å². The van der Waals surface area contributed by atoms with Crippen LogP contribution in [0.25, 0.3) is 0 Å². The highest BCUT2D eigenvalue weighted by atomic mass is 16.7. The van der Waals surface area contributed by atoms with Gasteiger partial charge in [-0.2, -0.15) is 0 Å². The molecule has 18 heavy (non-hydrogen) atoms. The van der Waals surface area contributed by atoms with Crippen LogP contribution in [0.15, 0.2) is 0 Å². The second kappa shape index (κ2) is 5.10. The first-order valence-corrected chi connectivity index (χ1v) is 7.30. The monoisotopic (exact) mass is 255 g/mol. The highest BCUT2D eigenvalue weighted by Crippen LogP contribution is 2.34. The minimum absolute atomic E-state index is 0.256. The van der Waals surface area contributed by atoms with Crippen LogP contribution in [0.3, 0.4) is 0 Å². The number of hydrogen-bond acceptors (Lipinski definition) is 3. The number of ether oxygens (including phenoxy) is 2. The van der Waals surface area contributed by atoms with Gasteiger partial charge in [-0.05, 0) is 51.1 Å². The number of nitrogens with zero attached hydrogens (tertiary/aromatic N) is 1. The summed E-state index contributed by atoms with van der Waals surface area (Å²) < 4.78 is 11.5. The van der Waals surface area contributed by atoms with Crippen LogP contribution in [0.1, 0.15) is 47.5 Å². The molecule has 2 saturated heterocycles. The molecule has 0 radical (unpaired) electrons. The van der Waals surface area contributed by atoms with Crippen LogP contribution in [0.2, 0.25) is 0 Å². The quantitative estimate of drug-likeness (QED) is 0.757. The zero-order chi connectivity index (χ0) is 13.4. The Balaban J connectivity index is 1.74. The molecule has 1 atom stereocenters. The minimum atomic E-state index is -0.381. The summed E-state index contributed by atoms with van der Waals surface area (Å²) in [6.07, 6.45) is 2.90. The van der Waals surface area contributed by atoms with E-state index in [-0.39, 0.29) is 11.9 Å². The molecule has 0 aromatic carbocycles. The smallest absolute Gasteiger partial charge is 0.163 e. The van der Waals surface area contributed by atoms with E-state index >= 15 is 0 Å². The molecule has 0 unspecified atom stereocenters. The highest BCUT2D eigenvalue weighted by Gasteiger charge is 2.35. The summed E-state index contributed by atoms with van der Waals surface area (Å²) in [6.45, 7) is 15.3. The van der Waals surface area contributed by atoms with Crippen molar-refractivity contribution in [1.82, 2.24) is 4.90 Å². The predicted molar refractivity (Wildman–Crippen MR) is 73.5 cm³/mol. The maximum Gasteiger partial charge on any atom is 0.163 e. The van der Waals surface area contributed by atoms with Gasteiger partial charge in [0.2, 0.25) is 0 Å². The fraction of sp³-hybridized carbons (Fsp3) is 1.00.